The number of rotatable bonds is 7. The van der Waals surface area contributed by atoms with E-state index in [1.54, 1.807) is 54.6 Å². The van der Waals surface area contributed by atoms with Crippen LogP contribution in [0.25, 0.3) is 11.0 Å². The first kappa shape index (κ1) is 25.8. The first-order valence-electron chi connectivity index (χ1n) is 13.4. The lowest BCUT2D eigenvalue weighted by Gasteiger charge is -2.31. The van der Waals surface area contributed by atoms with E-state index in [2.05, 4.69) is 4.98 Å². The Morgan fingerprint density at radius 3 is 2.12 bits per heavy atom. The van der Waals surface area contributed by atoms with Crippen LogP contribution in [0.1, 0.15) is 40.5 Å². The maximum atomic E-state index is 13.7. The molecule has 2 heterocycles. The molecule has 1 amide bonds. The van der Waals surface area contributed by atoms with Gasteiger partial charge in [-0.2, -0.15) is 0 Å². The normalized spacial score (nSPS) is 14.3. The fourth-order valence-corrected chi connectivity index (χ4v) is 6.73. The minimum atomic E-state index is -3.82. The van der Waals surface area contributed by atoms with Gasteiger partial charge in [-0.25, -0.2) is 13.4 Å². The van der Waals surface area contributed by atoms with Crippen LogP contribution in [0.4, 0.5) is 5.69 Å². The van der Waals surface area contributed by atoms with Gasteiger partial charge in [-0.05, 0) is 66.9 Å². The summed E-state index contributed by atoms with van der Waals surface area (Å²) in [5.41, 5.74) is 3.92. The van der Waals surface area contributed by atoms with Crippen molar-refractivity contribution in [2.24, 2.45) is 0 Å². The minimum absolute atomic E-state index is 0.0462. The molecule has 1 N–H and O–H groups in total. The largest absolute Gasteiger partial charge is 0.342 e. The third kappa shape index (κ3) is 5.22. The van der Waals surface area contributed by atoms with E-state index in [0.29, 0.717) is 24.3 Å². The Morgan fingerprint density at radius 2 is 1.45 bits per heavy atom. The smallest absolute Gasteiger partial charge is 0.264 e. The van der Waals surface area contributed by atoms with E-state index < -0.39 is 10.0 Å². The van der Waals surface area contributed by atoms with E-state index in [0.717, 1.165) is 35.3 Å². The minimum Gasteiger partial charge on any atom is -0.342 e. The summed E-state index contributed by atoms with van der Waals surface area (Å²) in [6.45, 7) is 1.47. The van der Waals surface area contributed by atoms with Crippen LogP contribution in [0.3, 0.4) is 0 Å². The Morgan fingerprint density at radius 1 is 0.825 bits per heavy atom. The second-order valence-electron chi connectivity index (χ2n) is 10.1. The number of hydrogen-bond acceptors (Lipinski definition) is 4. The number of aromatic amines is 1. The van der Waals surface area contributed by atoms with E-state index in [1.807, 2.05) is 59.5 Å². The van der Waals surface area contributed by atoms with Gasteiger partial charge in [0.15, 0.2) is 0 Å². The van der Waals surface area contributed by atoms with E-state index in [1.165, 1.54) is 4.31 Å². The number of carbonyl (C=O) groups is 1. The predicted molar refractivity (Wildman–Crippen MR) is 157 cm³/mol. The number of para-hydroxylation sites is 2. The molecule has 1 aliphatic heterocycles. The summed E-state index contributed by atoms with van der Waals surface area (Å²) in [5.74, 6) is 1.22. The molecule has 1 saturated heterocycles. The molecule has 8 heteroatoms. The molecule has 202 valence electrons. The van der Waals surface area contributed by atoms with Crippen LogP contribution in [0.15, 0.2) is 114 Å². The van der Waals surface area contributed by atoms with Gasteiger partial charge in [-0.3, -0.25) is 9.10 Å². The van der Waals surface area contributed by atoms with Crippen LogP contribution in [0.5, 0.6) is 0 Å². The Labute approximate surface area is 234 Å². The Kier molecular flexibility index (Phi) is 7.09. The third-order valence-electron chi connectivity index (χ3n) is 7.48. The predicted octanol–water partition coefficient (Wildman–Crippen LogP) is 5.98. The topological polar surface area (TPSA) is 86.4 Å². The Hall–Kier alpha value is -4.43. The molecule has 0 atom stereocenters. The van der Waals surface area contributed by atoms with Crippen molar-refractivity contribution in [3.05, 3.63) is 126 Å². The standard InChI is InChI=1S/C32H30N4O3S/c37-32(35-21-19-25(20-22-35)31-33-29-13-7-8-14-30(29)34-31)26-15-17-27(18-16-26)36(23-24-9-3-1-4-10-24)40(38,39)28-11-5-2-6-12-28/h1-18,25H,19-23H2,(H,33,34). The van der Waals surface area contributed by atoms with Gasteiger partial charge in [0.05, 0.1) is 28.2 Å². The lowest BCUT2D eigenvalue weighted by atomic mass is 9.95. The van der Waals surface area contributed by atoms with Gasteiger partial charge in [0, 0.05) is 24.6 Å². The highest BCUT2D eigenvalue weighted by molar-refractivity contribution is 7.92. The van der Waals surface area contributed by atoms with Crippen LogP contribution in [-0.2, 0) is 16.6 Å². The van der Waals surface area contributed by atoms with Gasteiger partial charge < -0.3 is 9.88 Å². The summed E-state index contributed by atoms with van der Waals surface area (Å²) < 4.78 is 28.7. The van der Waals surface area contributed by atoms with Crippen molar-refractivity contribution in [2.45, 2.75) is 30.2 Å². The molecule has 1 aliphatic rings. The zero-order valence-corrected chi connectivity index (χ0v) is 22.8. The SMILES string of the molecule is O=C(c1ccc(N(Cc2ccccc2)S(=O)(=O)c2ccccc2)cc1)N1CCC(c2nc3ccccc3[nH]2)CC1. The quantitative estimate of drug-likeness (QED) is 0.270. The third-order valence-corrected chi connectivity index (χ3v) is 9.27. The fraction of sp³-hybridized carbons (Fsp3) is 0.188. The highest BCUT2D eigenvalue weighted by Crippen LogP contribution is 2.30. The molecule has 0 saturated carbocycles. The summed E-state index contributed by atoms with van der Waals surface area (Å²) in [5, 5.41) is 0. The van der Waals surface area contributed by atoms with Gasteiger partial charge in [0.25, 0.3) is 15.9 Å². The molecule has 6 rings (SSSR count). The van der Waals surface area contributed by atoms with Crippen LogP contribution in [0.2, 0.25) is 0 Å². The molecule has 0 radical (unpaired) electrons. The van der Waals surface area contributed by atoms with Crippen LogP contribution < -0.4 is 4.31 Å². The van der Waals surface area contributed by atoms with Gasteiger partial charge in [-0.1, -0.05) is 60.7 Å². The summed E-state index contributed by atoms with van der Waals surface area (Å²) in [7, 11) is -3.82. The number of fused-ring (bicyclic) bond motifs is 1. The highest BCUT2D eigenvalue weighted by Gasteiger charge is 2.28. The van der Waals surface area contributed by atoms with E-state index in [9.17, 15) is 13.2 Å². The van der Waals surface area contributed by atoms with Crippen molar-refractivity contribution in [3.8, 4) is 0 Å². The number of H-pyrrole nitrogens is 1. The Balaban J connectivity index is 1.18. The number of nitrogens with one attached hydrogen (secondary N) is 1. The summed E-state index contributed by atoms with van der Waals surface area (Å²) in [4.78, 5) is 23.6. The lowest BCUT2D eigenvalue weighted by molar-refractivity contribution is 0.0711. The fourth-order valence-electron chi connectivity index (χ4n) is 5.26. The summed E-state index contributed by atoms with van der Waals surface area (Å²) in [6, 6.07) is 32.8. The second-order valence-corrected chi connectivity index (χ2v) is 11.9. The van der Waals surface area contributed by atoms with E-state index >= 15 is 0 Å². The maximum absolute atomic E-state index is 13.7. The van der Waals surface area contributed by atoms with Crippen LogP contribution in [0, 0.1) is 0 Å². The van der Waals surface area contributed by atoms with Crippen molar-refractivity contribution in [1.29, 1.82) is 0 Å². The van der Waals surface area contributed by atoms with Crippen molar-refractivity contribution in [3.63, 3.8) is 0 Å². The van der Waals surface area contributed by atoms with Crippen molar-refractivity contribution < 1.29 is 13.2 Å². The zero-order chi connectivity index (χ0) is 27.5. The van der Waals surface area contributed by atoms with Crippen molar-refractivity contribution >= 4 is 32.7 Å². The number of sulfonamides is 1. The number of imidazole rings is 1. The molecule has 5 aromatic rings. The number of aromatic nitrogens is 2. The van der Waals surface area contributed by atoms with Crippen LogP contribution in [-0.4, -0.2) is 42.3 Å². The van der Waals surface area contributed by atoms with E-state index in [4.69, 9.17) is 4.98 Å². The molecule has 0 unspecified atom stereocenters. The average molecular weight is 551 g/mol. The Bertz CT molecular complexity index is 1680. The number of amides is 1. The first-order chi connectivity index (χ1) is 19.5. The van der Waals surface area contributed by atoms with Gasteiger partial charge in [-0.15, -0.1) is 0 Å². The number of anilines is 1. The number of carbonyl (C=O) groups excluding carboxylic acids is 1. The molecule has 0 bridgehead atoms. The second kappa shape index (κ2) is 11.0. The molecule has 4 aromatic carbocycles. The zero-order valence-electron chi connectivity index (χ0n) is 22.0. The van der Waals surface area contributed by atoms with Gasteiger partial charge >= 0.3 is 0 Å². The molecular formula is C32H30N4O3S. The molecule has 0 aliphatic carbocycles. The summed E-state index contributed by atoms with van der Waals surface area (Å²) >= 11 is 0. The van der Waals surface area contributed by atoms with Gasteiger partial charge in [0.2, 0.25) is 0 Å². The van der Waals surface area contributed by atoms with Crippen LogP contribution >= 0.6 is 0 Å². The van der Waals surface area contributed by atoms with E-state index in [-0.39, 0.29) is 23.3 Å². The summed E-state index contributed by atoms with van der Waals surface area (Å²) in [6.07, 6.45) is 1.67. The highest BCUT2D eigenvalue weighted by atomic mass is 32.2. The number of nitrogens with zero attached hydrogens (tertiary/aromatic N) is 3. The number of likely N-dealkylation sites (tertiary alicyclic amines) is 1. The monoisotopic (exact) mass is 550 g/mol. The van der Waals surface area contributed by atoms with Crippen molar-refractivity contribution in [1.82, 2.24) is 14.9 Å². The number of piperidine rings is 1. The number of hydrogen-bond donors (Lipinski definition) is 1. The molecule has 7 nitrogen and oxygen atoms in total. The maximum Gasteiger partial charge on any atom is 0.264 e. The lowest BCUT2D eigenvalue weighted by Crippen LogP contribution is -2.38. The molecule has 1 aromatic heterocycles. The molecule has 0 spiro atoms. The van der Waals surface area contributed by atoms with Gasteiger partial charge in [0.1, 0.15) is 5.82 Å². The van der Waals surface area contributed by atoms with Crippen molar-refractivity contribution in [2.75, 3.05) is 17.4 Å². The number of benzene rings is 4. The molecule has 1 fully saturated rings. The average Bonchev–Trinajstić information content (AvgIpc) is 3.45. The molecule has 40 heavy (non-hydrogen) atoms. The molecular weight excluding hydrogens is 520 g/mol. The first-order valence-corrected chi connectivity index (χ1v) is 14.9.